The Hall–Kier alpha value is -2.59. The van der Waals surface area contributed by atoms with E-state index in [1.807, 2.05) is 25.3 Å². The number of anilines is 2. The van der Waals surface area contributed by atoms with Gasteiger partial charge in [0.2, 0.25) is 11.8 Å². The van der Waals surface area contributed by atoms with Gasteiger partial charge in [-0.3, -0.25) is 0 Å². The summed E-state index contributed by atoms with van der Waals surface area (Å²) in [6.07, 6.45) is 6.04. The second-order valence-electron chi connectivity index (χ2n) is 8.22. The van der Waals surface area contributed by atoms with Crippen molar-refractivity contribution in [1.29, 1.82) is 0 Å². The van der Waals surface area contributed by atoms with Gasteiger partial charge in [-0.1, -0.05) is 6.07 Å². The normalized spacial score (nSPS) is 19.9. The predicted octanol–water partition coefficient (Wildman–Crippen LogP) is 3.82. The molecule has 2 aromatic heterocycles. The first kappa shape index (κ1) is 21.3. The number of ether oxygens (including phenoxy) is 3. The fourth-order valence-electron chi connectivity index (χ4n) is 3.77. The third-order valence-corrected chi connectivity index (χ3v) is 6.87. The topological polar surface area (TPSA) is 98.6 Å². The first-order chi connectivity index (χ1) is 15.6. The van der Waals surface area contributed by atoms with E-state index >= 15 is 0 Å². The zero-order valence-electron chi connectivity index (χ0n) is 17.9. The summed E-state index contributed by atoms with van der Waals surface area (Å²) in [5, 5.41) is 14.7. The number of aliphatic hydroxyl groups is 1. The van der Waals surface area contributed by atoms with E-state index in [9.17, 15) is 5.11 Å². The molecule has 1 unspecified atom stereocenters. The van der Waals surface area contributed by atoms with Crippen LogP contribution in [-0.2, 0) is 15.1 Å². The molecule has 1 aromatic carbocycles. The minimum atomic E-state index is -0.739. The summed E-state index contributed by atoms with van der Waals surface area (Å²) in [5.74, 6) is 0.930. The number of aryl methyl sites for hydroxylation is 1. The van der Waals surface area contributed by atoms with Crippen LogP contribution in [-0.4, -0.2) is 52.6 Å². The van der Waals surface area contributed by atoms with Gasteiger partial charge < -0.3 is 24.6 Å². The van der Waals surface area contributed by atoms with Gasteiger partial charge in [0, 0.05) is 24.1 Å². The Bertz CT molecular complexity index is 1080. The third kappa shape index (κ3) is 4.75. The smallest absolute Gasteiger partial charge is 0.230 e. The van der Waals surface area contributed by atoms with Crippen molar-refractivity contribution in [3.8, 4) is 16.3 Å². The lowest BCUT2D eigenvalue weighted by atomic mass is 9.81. The molecule has 9 heteroatoms. The van der Waals surface area contributed by atoms with Crippen LogP contribution in [0.3, 0.4) is 0 Å². The Morgan fingerprint density at radius 3 is 2.94 bits per heavy atom. The van der Waals surface area contributed by atoms with Crippen molar-refractivity contribution in [1.82, 2.24) is 15.0 Å². The van der Waals surface area contributed by atoms with E-state index < -0.39 is 5.60 Å². The van der Waals surface area contributed by atoms with Crippen molar-refractivity contribution in [3.63, 3.8) is 0 Å². The molecule has 5 rings (SSSR count). The van der Waals surface area contributed by atoms with Gasteiger partial charge in [-0.15, -0.1) is 11.3 Å². The average Bonchev–Trinajstić information content (AvgIpc) is 3.27. The Labute approximate surface area is 190 Å². The van der Waals surface area contributed by atoms with Crippen molar-refractivity contribution in [2.75, 3.05) is 31.7 Å². The van der Waals surface area contributed by atoms with Gasteiger partial charge in [-0.2, -0.15) is 4.98 Å². The Balaban J connectivity index is 1.29. The molecule has 2 aliphatic rings. The molecule has 2 fully saturated rings. The first-order valence-corrected chi connectivity index (χ1v) is 11.6. The van der Waals surface area contributed by atoms with Gasteiger partial charge in [-0.25, -0.2) is 9.97 Å². The predicted molar refractivity (Wildman–Crippen MR) is 121 cm³/mol. The highest BCUT2D eigenvalue weighted by Gasteiger charge is 2.39. The first-order valence-electron chi connectivity index (χ1n) is 10.8. The lowest BCUT2D eigenvalue weighted by Crippen LogP contribution is -2.33. The largest absolute Gasteiger partial charge is 0.475 e. The third-order valence-electron chi connectivity index (χ3n) is 5.63. The van der Waals surface area contributed by atoms with Crippen LogP contribution in [0.2, 0.25) is 0 Å². The van der Waals surface area contributed by atoms with Crippen LogP contribution >= 0.6 is 11.3 Å². The summed E-state index contributed by atoms with van der Waals surface area (Å²) in [6.45, 7) is 4.16. The minimum Gasteiger partial charge on any atom is -0.475 e. The highest BCUT2D eigenvalue weighted by atomic mass is 32.1. The zero-order chi connectivity index (χ0) is 22.0. The molecule has 168 valence electrons. The van der Waals surface area contributed by atoms with Gasteiger partial charge in [0.05, 0.1) is 24.7 Å². The highest BCUT2D eigenvalue weighted by molar-refractivity contribution is 7.15. The standard InChI is InChI=1S/C23H26N4O4S/c1-15-9-16(19-12-25-21(32-19)23(28)4-2-5-23)11-17(10-15)26-22-24-6-3-20(27-22)31-14-18-13-29-7-8-30-18/h3,6,9-12,18,28H,2,4-5,7-8,13-14H2,1H3,(H,24,26,27). The second kappa shape index (κ2) is 9.11. The molecule has 0 radical (unpaired) electrons. The van der Waals surface area contributed by atoms with E-state index in [-0.39, 0.29) is 6.10 Å². The van der Waals surface area contributed by atoms with Gasteiger partial charge in [-0.05, 0) is 49.4 Å². The van der Waals surface area contributed by atoms with Crippen LogP contribution < -0.4 is 10.1 Å². The van der Waals surface area contributed by atoms with Crippen molar-refractivity contribution >= 4 is 23.0 Å². The van der Waals surface area contributed by atoms with Gasteiger partial charge in [0.15, 0.2) is 0 Å². The van der Waals surface area contributed by atoms with Gasteiger partial charge in [0.1, 0.15) is 23.3 Å². The molecular weight excluding hydrogens is 428 g/mol. The molecule has 0 spiro atoms. The van der Waals surface area contributed by atoms with Crippen molar-refractivity contribution in [2.24, 2.45) is 0 Å². The second-order valence-corrected chi connectivity index (χ2v) is 9.26. The fraction of sp³-hybridized carbons (Fsp3) is 0.435. The van der Waals surface area contributed by atoms with Crippen molar-refractivity contribution in [2.45, 2.75) is 37.9 Å². The molecule has 1 saturated heterocycles. The molecule has 3 heterocycles. The van der Waals surface area contributed by atoms with E-state index in [1.165, 1.54) is 0 Å². The summed E-state index contributed by atoms with van der Waals surface area (Å²) in [5.41, 5.74) is 2.28. The quantitative estimate of drug-likeness (QED) is 0.556. The Morgan fingerprint density at radius 2 is 2.16 bits per heavy atom. The number of hydrogen-bond acceptors (Lipinski definition) is 9. The SMILES string of the molecule is Cc1cc(Nc2nccc(OCC3COCCO3)n2)cc(-c2cnc(C3(O)CCC3)s2)c1. The molecular formula is C23H26N4O4S. The molecule has 0 bridgehead atoms. The van der Waals surface area contributed by atoms with E-state index in [0.717, 1.165) is 46.0 Å². The number of thiazole rings is 1. The molecule has 1 atom stereocenters. The molecule has 32 heavy (non-hydrogen) atoms. The molecule has 2 N–H and O–H groups in total. The van der Waals surface area contributed by atoms with Crippen LogP contribution in [0.15, 0.2) is 36.7 Å². The number of nitrogens with zero attached hydrogens (tertiary/aromatic N) is 3. The van der Waals surface area contributed by atoms with E-state index in [4.69, 9.17) is 14.2 Å². The van der Waals surface area contributed by atoms with Crippen molar-refractivity contribution < 1.29 is 19.3 Å². The lowest BCUT2D eigenvalue weighted by Gasteiger charge is -2.34. The highest BCUT2D eigenvalue weighted by Crippen LogP contribution is 2.44. The molecule has 1 aliphatic heterocycles. The molecule has 0 amide bonds. The van der Waals surface area contributed by atoms with E-state index in [1.54, 1.807) is 23.6 Å². The summed E-state index contributed by atoms with van der Waals surface area (Å²) in [4.78, 5) is 14.3. The average molecular weight is 455 g/mol. The number of benzene rings is 1. The Kier molecular flexibility index (Phi) is 6.05. The molecule has 1 saturated carbocycles. The van der Waals surface area contributed by atoms with Gasteiger partial charge >= 0.3 is 0 Å². The monoisotopic (exact) mass is 454 g/mol. The van der Waals surface area contributed by atoms with E-state index in [0.29, 0.717) is 38.3 Å². The maximum atomic E-state index is 10.6. The van der Waals surface area contributed by atoms with Crippen LogP contribution in [0.4, 0.5) is 11.6 Å². The number of rotatable bonds is 7. The number of aromatic nitrogens is 3. The maximum absolute atomic E-state index is 10.6. The number of nitrogens with one attached hydrogen (secondary N) is 1. The van der Waals surface area contributed by atoms with E-state index in [2.05, 4.69) is 26.3 Å². The van der Waals surface area contributed by atoms with Crippen LogP contribution in [0, 0.1) is 6.92 Å². The lowest BCUT2D eigenvalue weighted by molar-refractivity contribution is -0.102. The minimum absolute atomic E-state index is 0.0863. The Morgan fingerprint density at radius 1 is 1.25 bits per heavy atom. The maximum Gasteiger partial charge on any atom is 0.230 e. The molecule has 1 aliphatic carbocycles. The molecule has 3 aromatic rings. The summed E-state index contributed by atoms with van der Waals surface area (Å²) in [7, 11) is 0. The zero-order valence-corrected chi connectivity index (χ0v) is 18.7. The summed E-state index contributed by atoms with van der Waals surface area (Å²) < 4.78 is 16.8. The van der Waals surface area contributed by atoms with Crippen LogP contribution in [0.5, 0.6) is 5.88 Å². The van der Waals surface area contributed by atoms with Gasteiger partial charge in [0.25, 0.3) is 0 Å². The van der Waals surface area contributed by atoms with Crippen LogP contribution in [0.1, 0.15) is 29.8 Å². The molecule has 8 nitrogen and oxygen atoms in total. The summed E-state index contributed by atoms with van der Waals surface area (Å²) >= 11 is 1.55. The summed E-state index contributed by atoms with van der Waals surface area (Å²) in [6, 6.07) is 7.91. The number of hydrogen-bond donors (Lipinski definition) is 2. The van der Waals surface area contributed by atoms with Crippen molar-refractivity contribution in [3.05, 3.63) is 47.2 Å². The van der Waals surface area contributed by atoms with Crippen LogP contribution in [0.25, 0.3) is 10.4 Å². The fourth-order valence-corrected chi connectivity index (χ4v) is 4.82.